The lowest BCUT2D eigenvalue weighted by Gasteiger charge is -2.26. The zero-order chi connectivity index (χ0) is 12.4. The van der Waals surface area contributed by atoms with Crippen LogP contribution < -0.4 is 0 Å². The Kier molecular flexibility index (Phi) is 5.06. The minimum absolute atomic E-state index is 0.0370. The van der Waals surface area contributed by atoms with Gasteiger partial charge in [0.15, 0.2) is 0 Å². The molecule has 17 heavy (non-hydrogen) atoms. The molecule has 1 aromatic carbocycles. The highest BCUT2D eigenvalue weighted by molar-refractivity contribution is 9.10. The van der Waals surface area contributed by atoms with Crippen LogP contribution in [0.25, 0.3) is 0 Å². The topological polar surface area (TPSA) is 20.2 Å². The van der Waals surface area contributed by atoms with Crippen LogP contribution in [0.2, 0.25) is 5.02 Å². The highest BCUT2D eigenvalue weighted by atomic mass is 79.9. The molecule has 1 nitrogen and oxygen atoms in total. The van der Waals surface area contributed by atoms with Crippen molar-refractivity contribution in [3.05, 3.63) is 33.0 Å². The molecule has 1 aromatic rings. The van der Waals surface area contributed by atoms with Crippen LogP contribution in [0.5, 0.6) is 0 Å². The van der Waals surface area contributed by atoms with Gasteiger partial charge in [-0.1, -0.05) is 17.7 Å². The second-order valence-corrected chi connectivity index (χ2v) is 7.42. The predicted octanol–water partition coefficient (Wildman–Crippen LogP) is 4.12. The number of hydrogen-bond acceptors (Lipinski definition) is 3. The minimum atomic E-state index is -0.793. The number of aliphatic hydroxyl groups is 1. The van der Waals surface area contributed by atoms with Gasteiger partial charge < -0.3 is 5.11 Å². The molecule has 2 atom stereocenters. The van der Waals surface area contributed by atoms with Crippen LogP contribution in [0.3, 0.4) is 0 Å². The molecule has 0 aliphatic carbocycles. The van der Waals surface area contributed by atoms with Crippen LogP contribution in [-0.2, 0) is 0 Å². The summed E-state index contributed by atoms with van der Waals surface area (Å²) in [4.78, 5) is 0. The number of rotatable bonds is 2. The molecule has 0 amide bonds. The summed E-state index contributed by atoms with van der Waals surface area (Å²) < 4.78 is 14.4. The first-order valence-corrected chi connectivity index (χ1v) is 8.49. The first-order chi connectivity index (χ1) is 8.11. The van der Waals surface area contributed by atoms with Crippen LogP contribution in [0.1, 0.15) is 11.7 Å². The lowest BCUT2D eigenvalue weighted by Crippen LogP contribution is -2.23. The fraction of sp³-hybridized carbons (Fsp3) is 0.455. The van der Waals surface area contributed by atoms with E-state index in [1.54, 1.807) is 35.7 Å². The summed E-state index contributed by atoms with van der Waals surface area (Å²) in [6.45, 7) is 0. The second-order valence-electron chi connectivity index (χ2n) is 3.69. The minimum Gasteiger partial charge on any atom is -0.387 e. The SMILES string of the molecule is OC(c1ccc(Br)c(Cl)c1F)C1CSCCS1. The van der Waals surface area contributed by atoms with E-state index in [0.717, 1.165) is 17.3 Å². The van der Waals surface area contributed by atoms with Gasteiger partial charge in [-0.05, 0) is 22.0 Å². The van der Waals surface area contributed by atoms with Gasteiger partial charge >= 0.3 is 0 Å². The van der Waals surface area contributed by atoms with Gasteiger partial charge in [0.2, 0.25) is 0 Å². The molecule has 0 radical (unpaired) electrons. The molecule has 1 aliphatic heterocycles. The molecule has 1 heterocycles. The molecule has 0 saturated carbocycles. The summed E-state index contributed by atoms with van der Waals surface area (Å²) in [7, 11) is 0. The molecular formula is C11H11BrClFOS2. The average Bonchev–Trinajstić information content (AvgIpc) is 2.36. The molecule has 0 spiro atoms. The summed E-state index contributed by atoms with van der Waals surface area (Å²) in [6, 6.07) is 3.26. The summed E-state index contributed by atoms with van der Waals surface area (Å²) in [5.74, 6) is 2.42. The van der Waals surface area contributed by atoms with Crippen molar-refractivity contribution in [2.75, 3.05) is 17.3 Å². The Hall–Kier alpha value is 0.580. The molecular weight excluding hydrogens is 347 g/mol. The Morgan fingerprint density at radius 3 is 2.88 bits per heavy atom. The highest BCUT2D eigenvalue weighted by Crippen LogP contribution is 2.37. The van der Waals surface area contributed by atoms with Crippen molar-refractivity contribution in [2.24, 2.45) is 0 Å². The lowest BCUT2D eigenvalue weighted by atomic mass is 10.1. The van der Waals surface area contributed by atoms with E-state index in [-0.39, 0.29) is 10.3 Å². The van der Waals surface area contributed by atoms with E-state index in [1.807, 2.05) is 0 Å². The zero-order valence-electron chi connectivity index (χ0n) is 8.83. The van der Waals surface area contributed by atoms with Crippen molar-refractivity contribution in [3.63, 3.8) is 0 Å². The molecule has 2 rings (SSSR count). The van der Waals surface area contributed by atoms with Gasteiger partial charge in [0.05, 0.1) is 11.1 Å². The maximum Gasteiger partial charge on any atom is 0.148 e. The Bertz CT molecular complexity index is 413. The third-order valence-electron chi connectivity index (χ3n) is 2.58. The summed E-state index contributed by atoms with van der Waals surface area (Å²) in [6.07, 6.45) is -0.793. The number of aliphatic hydroxyl groups excluding tert-OH is 1. The number of thioether (sulfide) groups is 2. The molecule has 1 aliphatic rings. The van der Waals surface area contributed by atoms with Gasteiger partial charge in [0.1, 0.15) is 5.82 Å². The number of benzene rings is 1. The van der Waals surface area contributed by atoms with Crippen LogP contribution in [0.4, 0.5) is 4.39 Å². The van der Waals surface area contributed by atoms with E-state index in [1.165, 1.54) is 0 Å². The maximum atomic E-state index is 13.9. The monoisotopic (exact) mass is 356 g/mol. The summed E-state index contributed by atoms with van der Waals surface area (Å²) in [5, 5.41) is 10.3. The number of halogens is 3. The molecule has 2 unspecified atom stereocenters. The van der Waals surface area contributed by atoms with Crippen LogP contribution in [0, 0.1) is 5.82 Å². The van der Waals surface area contributed by atoms with Gasteiger partial charge in [0, 0.05) is 32.5 Å². The second kappa shape index (κ2) is 6.15. The maximum absolute atomic E-state index is 13.9. The van der Waals surface area contributed by atoms with Gasteiger partial charge in [-0.3, -0.25) is 0 Å². The van der Waals surface area contributed by atoms with Gasteiger partial charge in [-0.25, -0.2) is 4.39 Å². The van der Waals surface area contributed by atoms with Crippen molar-refractivity contribution in [1.29, 1.82) is 0 Å². The molecule has 0 aromatic heterocycles. The summed E-state index contributed by atoms with van der Waals surface area (Å²) in [5.41, 5.74) is 0.290. The fourth-order valence-electron chi connectivity index (χ4n) is 1.66. The van der Waals surface area contributed by atoms with E-state index in [2.05, 4.69) is 15.9 Å². The van der Waals surface area contributed by atoms with Crippen molar-refractivity contribution < 1.29 is 9.50 Å². The van der Waals surface area contributed by atoms with Crippen molar-refractivity contribution in [1.82, 2.24) is 0 Å². The Morgan fingerprint density at radius 2 is 2.24 bits per heavy atom. The van der Waals surface area contributed by atoms with Crippen molar-refractivity contribution >= 4 is 51.1 Å². The van der Waals surface area contributed by atoms with E-state index in [0.29, 0.717) is 10.0 Å². The molecule has 1 saturated heterocycles. The Balaban J connectivity index is 2.24. The molecule has 94 valence electrons. The lowest BCUT2D eigenvalue weighted by molar-refractivity contribution is 0.175. The van der Waals surface area contributed by atoms with Crippen LogP contribution in [0.15, 0.2) is 16.6 Å². The Morgan fingerprint density at radius 1 is 1.47 bits per heavy atom. The predicted molar refractivity (Wildman–Crippen MR) is 77.6 cm³/mol. The summed E-state index contributed by atoms with van der Waals surface area (Å²) >= 11 is 12.5. The van der Waals surface area contributed by atoms with E-state index >= 15 is 0 Å². The standard InChI is InChI=1S/C11H11BrClFOS2/c12-7-2-1-6(10(14)9(7)13)11(15)8-5-16-3-4-17-8/h1-2,8,11,15H,3-5H2. The molecule has 0 bridgehead atoms. The van der Waals surface area contributed by atoms with Crippen LogP contribution in [-0.4, -0.2) is 27.6 Å². The molecule has 1 fully saturated rings. The highest BCUT2D eigenvalue weighted by Gasteiger charge is 2.27. The molecule has 1 N–H and O–H groups in total. The van der Waals surface area contributed by atoms with Crippen LogP contribution >= 0.6 is 51.1 Å². The van der Waals surface area contributed by atoms with E-state index in [4.69, 9.17) is 11.6 Å². The average molecular weight is 358 g/mol. The van der Waals surface area contributed by atoms with E-state index < -0.39 is 11.9 Å². The van der Waals surface area contributed by atoms with Gasteiger partial charge in [0.25, 0.3) is 0 Å². The third kappa shape index (κ3) is 3.13. The Labute approximate surface area is 122 Å². The fourth-order valence-corrected chi connectivity index (χ4v) is 4.88. The van der Waals surface area contributed by atoms with Crippen molar-refractivity contribution in [3.8, 4) is 0 Å². The molecule has 6 heteroatoms. The largest absolute Gasteiger partial charge is 0.387 e. The third-order valence-corrected chi connectivity index (χ3v) is 6.69. The zero-order valence-corrected chi connectivity index (χ0v) is 12.8. The van der Waals surface area contributed by atoms with Gasteiger partial charge in [-0.15, -0.1) is 0 Å². The first-order valence-electron chi connectivity index (χ1n) is 5.12. The van der Waals surface area contributed by atoms with Crippen molar-refractivity contribution in [2.45, 2.75) is 11.4 Å². The number of hydrogen-bond donors (Lipinski definition) is 1. The normalized spacial score (nSPS) is 22.5. The quantitative estimate of drug-likeness (QED) is 0.804. The first kappa shape index (κ1) is 14.0. The van der Waals surface area contributed by atoms with E-state index in [9.17, 15) is 9.50 Å². The smallest absolute Gasteiger partial charge is 0.148 e. The van der Waals surface area contributed by atoms with Gasteiger partial charge in [-0.2, -0.15) is 23.5 Å².